The number of esters is 1. The smallest absolute Gasteiger partial charge is 0.331 e. The van der Waals surface area contributed by atoms with Crippen molar-refractivity contribution in [2.24, 2.45) is 0 Å². The van der Waals surface area contributed by atoms with Gasteiger partial charge in [-0.3, -0.25) is 4.79 Å². The van der Waals surface area contributed by atoms with Crippen LogP contribution in [-0.2, 0) is 19.1 Å². The molecule has 0 bridgehead atoms. The van der Waals surface area contributed by atoms with Gasteiger partial charge in [-0.1, -0.05) is 12.1 Å². The third kappa shape index (κ3) is 5.24. The van der Waals surface area contributed by atoms with Crippen LogP contribution in [0.3, 0.4) is 0 Å². The number of phenols is 3. The Hall–Kier alpha value is -3.52. The van der Waals surface area contributed by atoms with Gasteiger partial charge < -0.3 is 29.5 Å². The van der Waals surface area contributed by atoms with E-state index in [0.29, 0.717) is 16.9 Å². The van der Waals surface area contributed by atoms with Gasteiger partial charge in [-0.15, -0.1) is 0 Å². The lowest BCUT2D eigenvalue weighted by Crippen LogP contribution is -2.21. The highest BCUT2D eigenvalue weighted by atomic mass is 16.5. The Morgan fingerprint density at radius 2 is 1.75 bits per heavy atom. The van der Waals surface area contributed by atoms with Gasteiger partial charge in [-0.05, 0) is 41.5 Å². The van der Waals surface area contributed by atoms with Crippen molar-refractivity contribution in [1.82, 2.24) is 0 Å². The van der Waals surface area contributed by atoms with E-state index < -0.39 is 30.2 Å². The molecule has 1 unspecified atom stereocenters. The summed E-state index contributed by atoms with van der Waals surface area (Å²) in [5.74, 6) is -1.80. The molecule has 2 rings (SSSR count). The van der Waals surface area contributed by atoms with Crippen molar-refractivity contribution in [3.8, 4) is 23.0 Å². The molecule has 1 atom stereocenters. The molecule has 0 saturated carbocycles. The first-order chi connectivity index (χ1) is 13.3. The van der Waals surface area contributed by atoms with Crippen LogP contribution in [0.15, 0.2) is 42.5 Å². The molecule has 8 nitrogen and oxygen atoms in total. The number of hydrogen-bond acceptors (Lipinski definition) is 8. The fraction of sp³-hybridized carbons (Fsp3) is 0.200. The Morgan fingerprint density at radius 1 is 1.00 bits per heavy atom. The minimum atomic E-state index is -1.07. The van der Waals surface area contributed by atoms with E-state index in [9.17, 15) is 24.9 Å². The molecule has 0 aliphatic heterocycles. The quantitative estimate of drug-likeness (QED) is 0.358. The van der Waals surface area contributed by atoms with E-state index in [1.54, 1.807) is 12.1 Å². The van der Waals surface area contributed by atoms with Crippen molar-refractivity contribution in [2.45, 2.75) is 6.10 Å². The van der Waals surface area contributed by atoms with Gasteiger partial charge >= 0.3 is 5.97 Å². The van der Waals surface area contributed by atoms with Gasteiger partial charge in [0.15, 0.2) is 29.6 Å². The maximum absolute atomic E-state index is 12.2. The Morgan fingerprint density at radius 3 is 2.36 bits per heavy atom. The summed E-state index contributed by atoms with van der Waals surface area (Å²) in [7, 11) is 2.72. The summed E-state index contributed by atoms with van der Waals surface area (Å²) in [6, 6.07) is 8.42. The second kappa shape index (κ2) is 9.43. The van der Waals surface area contributed by atoms with Crippen LogP contribution in [0.4, 0.5) is 0 Å². The number of phenolic OH excluding ortho intramolecular Hbond substituents is 3. The molecule has 8 heteroatoms. The highest BCUT2D eigenvalue weighted by Crippen LogP contribution is 2.29. The Labute approximate surface area is 161 Å². The van der Waals surface area contributed by atoms with Gasteiger partial charge in [-0.25, -0.2) is 4.79 Å². The monoisotopic (exact) mass is 388 g/mol. The Kier molecular flexibility index (Phi) is 7.00. The summed E-state index contributed by atoms with van der Waals surface area (Å²) < 4.78 is 14.9. The molecule has 0 aromatic heterocycles. The molecule has 0 heterocycles. The molecule has 148 valence electrons. The predicted octanol–water partition coefficient (Wildman–Crippen LogP) is 2.33. The van der Waals surface area contributed by atoms with E-state index in [1.165, 1.54) is 44.6 Å². The lowest BCUT2D eigenvalue weighted by Gasteiger charge is -2.15. The zero-order valence-electron chi connectivity index (χ0n) is 15.3. The highest BCUT2D eigenvalue weighted by molar-refractivity contribution is 5.91. The second-order valence-electron chi connectivity index (χ2n) is 5.70. The number of carbonyl (C=O) groups is 2. The molecule has 2 aromatic rings. The number of benzene rings is 2. The zero-order chi connectivity index (χ0) is 20.7. The van der Waals surface area contributed by atoms with Crippen LogP contribution in [0.5, 0.6) is 23.0 Å². The lowest BCUT2D eigenvalue weighted by molar-refractivity contribution is -0.146. The average Bonchev–Trinajstić information content (AvgIpc) is 2.68. The van der Waals surface area contributed by atoms with Gasteiger partial charge in [0, 0.05) is 13.2 Å². The van der Waals surface area contributed by atoms with Gasteiger partial charge in [0.05, 0.1) is 7.11 Å². The first kappa shape index (κ1) is 20.8. The van der Waals surface area contributed by atoms with Crippen LogP contribution in [0, 0.1) is 0 Å². The second-order valence-corrected chi connectivity index (χ2v) is 5.70. The fourth-order valence-electron chi connectivity index (χ4n) is 2.40. The first-order valence-electron chi connectivity index (χ1n) is 8.15. The van der Waals surface area contributed by atoms with Gasteiger partial charge in [0.2, 0.25) is 5.78 Å². The van der Waals surface area contributed by atoms with Crippen molar-refractivity contribution in [3.05, 3.63) is 53.6 Å². The molecule has 0 saturated heterocycles. The normalized spacial score (nSPS) is 11.9. The largest absolute Gasteiger partial charge is 0.504 e. The maximum atomic E-state index is 12.2. The van der Waals surface area contributed by atoms with E-state index in [4.69, 9.17) is 14.2 Å². The van der Waals surface area contributed by atoms with Crippen LogP contribution in [0.1, 0.15) is 17.2 Å². The predicted molar refractivity (Wildman–Crippen MR) is 99.2 cm³/mol. The van der Waals surface area contributed by atoms with E-state index in [2.05, 4.69) is 0 Å². The summed E-state index contributed by atoms with van der Waals surface area (Å²) in [5, 5.41) is 28.6. The van der Waals surface area contributed by atoms with Crippen molar-refractivity contribution < 1.29 is 39.1 Å². The van der Waals surface area contributed by atoms with Crippen molar-refractivity contribution >= 4 is 17.8 Å². The minimum Gasteiger partial charge on any atom is -0.504 e. The van der Waals surface area contributed by atoms with Gasteiger partial charge in [0.1, 0.15) is 6.10 Å². The molecule has 0 spiro atoms. The average molecular weight is 388 g/mol. The van der Waals surface area contributed by atoms with Crippen LogP contribution < -0.4 is 4.74 Å². The number of hydrogen-bond donors (Lipinski definition) is 3. The Balaban J connectivity index is 1.95. The molecular formula is C20H20O8. The molecule has 0 aliphatic carbocycles. The van der Waals surface area contributed by atoms with Crippen LogP contribution in [-0.4, -0.2) is 47.9 Å². The minimum absolute atomic E-state index is 0.0757. The van der Waals surface area contributed by atoms with Crippen LogP contribution in [0.25, 0.3) is 6.08 Å². The summed E-state index contributed by atoms with van der Waals surface area (Å²) in [6.45, 7) is -0.544. The first-order valence-corrected chi connectivity index (χ1v) is 8.15. The topological polar surface area (TPSA) is 123 Å². The number of rotatable bonds is 8. The molecule has 2 aromatic carbocycles. The fourth-order valence-corrected chi connectivity index (χ4v) is 2.40. The molecule has 0 radical (unpaired) electrons. The third-order valence-electron chi connectivity index (χ3n) is 3.80. The molecule has 0 aliphatic rings. The van der Waals surface area contributed by atoms with Crippen molar-refractivity contribution in [3.63, 3.8) is 0 Å². The van der Waals surface area contributed by atoms with Gasteiger partial charge in [-0.2, -0.15) is 0 Å². The van der Waals surface area contributed by atoms with E-state index in [0.717, 1.165) is 6.08 Å². The number of aromatic hydroxyl groups is 3. The summed E-state index contributed by atoms with van der Waals surface area (Å²) >= 11 is 0. The standard InChI is InChI=1S/C20H20O8/c1-26-18-7-3-12(9-16(18)23)4-8-19(25)28-11-17(24)20(27-2)13-5-6-14(21)15(22)10-13/h3-10,20-23H,11H2,1-2H3/b8-4+. The lowest BCUT2D eigenvalue weighted by atomic mass is 10.1. The van der Waals surface area contributed by atoms with Gasteiger partial charge in [0.25, 0.3) is 0 Å². The number of Topliss-reactive ketones (excluding diaryl/α,β-unsaturated/α-hetero) is 1. The number of methoxy groups -OCH3 is 2. The SMILES string of the molecule is COc1ccc(/C=C/C(=O)OCC(=O)C(OC)c2ccc(O)c(O)c2)cc1O. The summed E-state index contributed by atoms with van der Waals surface area (Å²) in [5.41, 5.74) is 0.846. The number of ether oxygens (including phenoxy) is 3. The Bertz CT molecular complexity index is 888. The summed E-state index contributed by atoms with van der Waals surface area (Å²) in [6.07, 6.45) is 1.46. The third-order valence-corrected chi connectivity index (χ3v) is 3.80. The molecule has 3 N–H and O–H groups in total. The maximum Gasteiger partial charge on any atom is 0.331 e. The van der Waals surface area contributed by atoms with E-state index in [-0.39, 0.29) is 11.5 Å². The molecule has 28 heavy (non-hydrogen) atoms. The number of ketones is 1. The number of carbonyl (C=O) groups excluding carboxylic acids is 2. The molecular weight excluding hydrogens is 368 g/mol. The van der Waals surface area contributed by atoms with Crippen molar-refractivity contribution in [2.75, 3.05) is 20.8 Å². The van der Waals surface area contributed by atoms with Crippen molar-refractivity contribution in [1.29, 1.82) is 0 Å². The van der Waals surface area contributed by atoms with Crippen LogP contribution in [0.2, 0.25) is 0 Å². The molecule has 0 amide bonds. The van der Waals surface area contributed by atoms with Crippen LogP contribution >= 0.6 is 0 Å². The zero-order valence-corrected chi connectivity index (χ0v) is 15.3. The molecule has 0 fully saturated rings. The van der Waals surface area contributed by atoms with E-state index >= 15 is 0 Å². The van der Waals surface area contributed by atoms with E-state index in [1.807, 2.05) is 0 Å². The summed E-state index contributed by atoms with van der Waals surface area (Å²) in [4.78, 5) is 24.1. The highest BCUT2D eigenvalue weighted by Gasteiger charge is 2.22.